The Bertz CT molecular complexity index is 562. The van der Waals surface area contributed by atoms with Crippen LogP contribution < -0.4 is 5.32 Å². The van der Waals surface area contributed by atoms with Crippen molar-refractivity contribution in [2.45, 2.75) is 33.2 Å². The number of carbonyl (C=O) groups is 1. The van der Waals surface area contributed by atoms with E-state index in [1.54, 1.807) is 0 Å². The Morgan fingerprint density at radius 3 is 2.81 bits per heavy atom. The number of amides is 1. The molecule has 1 heterocycles. The summed E-state index contributed by atoms with van der Waals surface area (Å²) in [5, 5.41) is 2.97. The summed E-state index contributed by atoms with van der Waals surface area (Å²) in [5.41, 5.74) is 1.25. The molecule has 0 saturated heterocycles. The van der Waals surface area contributed by atoms with Gasteiger partial charge in [0.25, 0.3) is 0 Å². The fourth-order valence-electron chi connectivity index (χ4n) is 2.15. The Labute approximate surface area is 126 Å². The Kier molecular flexibility index (Phi) is 5.55. The molecule has 0 bridgehead atoms. The molecule has 1 aromatic carbocycles. The van der Waals surface area contributed by atoms with E-state index in [1.807, 2.05) is 44.4 Å². The van der Waals surface area contributed by atoms with Crippen LogP contribution in [0.5, 0.6) is 0 Å². The highest BCUT2D eigenvalue weighted by molar-refractivity contribution is 5.78. The van der Waals surface area contributed by atoms with Gasteiger partial charge in [-0.1, -0.05) is 44.2 Å². The maximum atomic E-state index is 11.7. The van der Waals surface area contributed by atoms with Crippen molar-refractivity contribution in [2.24, 2.45) is 5.92 Å². The Morgan fingerprint density at radius 2 is 2.10 bits per heavy atom. The van der Waals surface area contributed by atoms with Crippen molar-refractivity contribution in [3.8, 4) is 0 Å². The van der Waals surface area contributed by atoms with Gasteiger partial charge in [-0.2, -0.15) is 0 Å². The minimum atomic E-state index is 0.0778. The van der Waals surface area contributed by atoms with Gasteiger partial charge in [0.1, 0.15) is 5.82 Å². The summed E-state index contributed by atoms with van der Waals surface area (Å²) < 4.78 is 2.13. The Morgan fingerprint density at radius 1 is 1.33 bits per heavy atom. The fourth-order valence-corrected chi connectivity index (χ4v) is 2.15. The number of carbonyl (C=O) groups excluding carboxylic acids is 1. The van der Waals surface area contributed by atoms with Crippen LogP contribution in [0.25, 0.3) is 0 Å². The maximum absolute atomic E-state index is 11.7. The summed E-state index contributed by atoms with van der Waals surface area (Å²) in [6.07, 6.45) is 5.42. The largest absolute Gasteiger partial charge is 0.355 e. The topological polar surface area (TPSA) is 46.9 Å². The number of rotatable bonds is 7. The van der Waals surface area contributed by atoms with Gasteiger partial charge < -0.3 is 9.88 Å². The molecule has 0 aliphatic carbocycles. The molecule has 1 unspecified atom stereocenters. The summed E-state index contributed by atoms with van der Waals surface area (Å²) in [7, 11) is 0. The number of hydrogen-bond donors (Lipinski definition) is 1. The van der Waals surface area contributed by atoms with Crippen molar-refractivity contribution in [3.63, 3.8) is 0 Å². The van der Waals surface area contributed by atoms with E-state index in [4.69, 9.17) is 0 Å². The third kappa shape index (κ3) is 4.45. The molecule has 0 radical (unpaired) electrons. The van der Waals surface area contributed by atoms with Gasteiger partial charge in [-0.05, 0) is 12.0 Å². The first kappa shape index (κ1) is 15.3. The number of aromatic nitrogens is 2. The maximum Gasteiger partial charge on any atom is 0.222 e. The average molecular weight is 285 g/mol. The molecule has 21 heavy (non-hydrogen) atoms. The second-order valence-electron chi connectivity index (χ2n) is 5.31. The smallest absolute Gasteiger partial charge is 0.222 e. The first-order chi connectivity index (χ1) is 10.2. The van der Waals surface area contributed by atoms with Crippen molar-refractivity contribution in [1.82, 2.24) is 14.9 Å². The van der Waals surface area contributed by atoms with E-state index in [1.165, 1.54) is 5.56 Å². The lowest BCUT2D eigenvalue weighted by atomic mass is 10.1. The third-order valence-corrected chi connectivity index (χ3v) is 3.71. The molecule has 1 N–H and O–H groups in total. The van der Waals surface area contributed by atoms with Crippen molar-refractivity contribution < 1.29 is 4.79 Å². The highest BCUT2D eigenvalue weighted by Crippen LogP contribution is 2.06. The second-order valence-corrected chi connectivity index (χ2v) is 5.31. The quantitative estimate of drug-likeness (QED) is 0.850. The van der Waals surface area contributed by atoms with Crippen LogP contribution in [0.3, 0.4) is 0 Å². The predicted octanol–water partition coefficient (Wildman–Crippen LogP) is 2.64. The van der Waals surface area contributed by atoms with Gasteiger partial charge in [0.15, 0.2) is 0 Å². The first-order valence-electron chi connectivity index (χ1n) is 7.52. The molecule has 0 fully saturated rings. The summed E-state index contributed by atoms with van der Waals surface area (Å²) in [6.45, 7) is 5.42. The van der Waals surface area contributed by atoms with Crippen LogP contribution in [-0.4, -0.2) is 22.0 Å². The summed E-state index contributed by atoms with van der Waals surface area (Å²) >= 11 is 0. The lowest BCUT2D eigenvalue weighted by Gasteiger charge is -2.11. The molecule has 1 amide bonds. The van der Waals surface area contributed by atoms with E-state index >= 15 is 0 Å². The molecular formula is C17H23N3O. The summed E-state index contributed by atoms with van der Waals surface area (Å²) in [5.74, 6) is 1.20. The second kappa shape index (κ2) is 7.62. The minimum absolute atomic E-state index is 0.0778. The zero-order chi connectivity index (χ0) is 15.1. The molecule has 0 spiro atoms. The van der Waals surface area contributed by atoms with Gasteiger partial charge in [0.2, 0.25) is 5.91 Å². The van der Waals surface area contributed by atoms with Gasteiger partial charge in [-0.15, -0.1) is 0 Å². The van der Waals surface area contributed by atoms with Crippen LogP contribution in [0.4, 0.5) is 0 Å². The standard InChI is InChI=1S/C17H23N3O/c1-3-14(2)17(21)19-10-9-16-18-11-12-20(16)13-15-7-5-4-6-8-15/h4-8,11-12,14H,3,9-10,13H2,1-2H3,(H,19,21). The third-order valence-electron chi connectivity index (χ3n) is 3.71. The van der Waals surface area contributed by atoms with Crippen molar-refractivity contribution in [1.29, 1.82) is 0 Å². The van der Waals surface area contributed by atoms with Crippen molar-refractivity contribution in [2.75, 3.05) is 6.54 Å². The minimum Gasteiger partial charge on any atom is -0.355 e. The zero-order valence-corrected chi connectivity index (χ0v) is 12.7. The van der Waals surface area contributed by atoms with Gasteiger partial charge in [-0.25, -0.2) is 4.98 Å². The van der Waals surface area contributed by atoms with E-state index in [2.05, 4.69) is 27.0 Å². The van der Waals surface area contributed by atoms with Crippen molar-refractivity contribution in [3.05, 3.63) is 54.1 Å². The van der Waals surface area contributed by atoms with E-state index in [0.29, 0.717) is 6.54 Å². The molecule has 4 heteroatoms. The van der Waals surface area contributed by atoms with Gasteiger partial charge in [0, 0.05) is 37.8 Å². The number of benzene rings is 1. The zero-order valence-electron chi connectivity index (χ0n) is 12.7. The van der Waals surface area contributed by atoms with Crippen LogP contribution >= 0.6 is 0 Å². The highest BCUT2D eigenvalue weighted by atomic mass is 16.1. The Hall–Kier alpha value is -2.10. The molecule has 0 saturated carbocycles. The molecular weight excluding hydrogens is 262 g/mol. The number of nitrogens with zero attached hydrogens (tertiary/aromatic N) is 2. The van der Waals surface area contributed by atoms with E-state index in [0.717, 1.165) is 25.2 Å². The Balaban J connectivity index is 1.88. The summed E-state index contributed by atoms with van der Waals surface area (Å²) in [6, 6.07) is 10.3. The molecule has 4 nitrogen and oxygen atoms in total. The van der Waals surface area contributed by atoms with Crippen LogP contribution in [0, 0.1) is 5.92 Å². The summed E-state index contributed by atoms with van der Waals surface area (Å²) in [4.78, 5) is 16.1. The van der Waals surface area contributed by atoms with Crippen LogP contribution in [0.2, 0.25) is 0 Å². The van der Waals surface area contributed by atoms with Gasteiger partial charge in [-0.3, -0.25) is 4.79 Å². The van der Waals surface area contributed by atoms with E-state index in [9.17, 15) is 4.79 Å². The molecule has 2 aromatic rings. The van der Waals surface area contributed by atoms with Crippen molar-refractivity contribution >= 4 is 5.91 Å². The number of hydrogen-bond acceptors (Lipinski definition) is 2. The molecule has 1 aromatic heterocycles. The highest BCUT2D eigenvalue weighted by Gasteiger charge is 2.10. The monoisotopic (exact) mass is 285 g/mol. The van der Waals surface area contributed by atoms with Crippen LogP contribution in [0.15, 0.2) is 42.7 Å². The lowest BCUT2D eigenvalue weighted by molar-refractivity contribution is -0.124. The normalized spacial score (nSPS) is 12.1. The fraction of sp³-hybridized carbons (Fsp3) is 0.412. The van der Waals surface area contributed by atoms with Gasteiger partial charge in [0.05, 0.1) is 0 Å². The van der Waals surface area contributed by atoms with Gasteiger partial charge >= 0.3 is 0 Å². The van der Waals surface area contributed by atoms with Crippen LogP contribution in [0.1, 0.15) is 31.7 Å². The molecule has 1 atom stereocenters. The number of nitrogens with one attached hydrogen (secondary N) is 1. The SMILES string of the molecule is CCC(C)C(=O)NCCc1nccn1Cc1ccccc1. The lowest BCUT2D eigenvalue weighted by Crippen LogP contribution is -2.31. The molecule has 2 rings (SSSR count). The predicted molar refractivity (Wildman–Crippen MR) is 83.9 cm³/mol. The van der Waals surface area contributed by atoms with E-state index in [-0.39, 0.29) is 11.8 Å². The first-order valence-corrected chi connectivity index (χ1v) is 7.52. The molecule has 0 aliphatic rings. The van der Waals surface area contributed by atoms with Crippen LogP contribution in [-0.2, 0) is 17.8 Å². The average Bonchev–Trinajstić information content (AvgIpc) is 2.94. The molecule has 112 valence electrons. The molecule has 0 aliphatic heterocycles. The number of imidazole rings is 1. The van der Waals surface area contributed by atoms with E-state index < -0.39 is 0 Å².